The lowest BCUT2D eigenvalue weighted by atomic mass is 10.2. The Labute approximate surface area is 125 Å². The molecule has 0 radical (unpaired) electrons. The molecule has 0 saturated heterocycles. The number of pyridine rings is 1. The Balaban J connectivity index is 1.97. The van der Waals surface area contributed by atoms with E-state index in [4.69, 9.17) is 16.7 Å². The Bertz CT molecular complexity index is 815. The first-order valence-corrected chi connectivity index (χ1v) is 6.85. The van der Waals surface area contributed by atoms with E-state index in [2.05, 4.69) is 20.3 Å². The SMILES string of the molecule is O=C(Cc1nc2c(cnc3ccc(Cl)cc32)[nH]1)NCCO. The number of aromatic nitrogens is 3. The van der Waals surface area contributed by atoms with E-state index in [1.807, 2.05) is 12.1 Å². The predicted octanol–water partition coefficient (Wildman–Crippen LogP) is 1.42. The summed E-state index contributed by atoms with van der Waals surface area (Å²) in [4.78, 5) is 23.5. The summed E-state index contributed by atoms with van der Waals surface area (Å²) in [5, 5.41) is 12.7. The highest BCUT2D eigenvalue weighted by molar-refractivity contribution is 6.31. The van der Waals surface area contributed by atoms with Crippen LogP contribution in [0.1, 0.15) is 5.82 Å². The molecule has 0 aliphatic heterocycles. The monoisotopic (exact) mass is 304 g/mol. The molecule has 0 atom stereocenters. The number of aliphatic hydroxyl groups is 1. The summed E-state index contributed by atoms with van der Waals surface area (Å²) >= 11 is 6.01. The van der Waals surface area contributed by atoms with E-state index in [1.165, 1.54) is 0 Å². The molecule has 0 aliphatic rings. The molecule has 0 unspecified atom stereocenters. The summed E-state index contributed by atoms with van der Waals surface area (Å²) in [7, 11) is 0. The van der Waals surface area contributed by atoms with Gasteiger partial charge in [0.15, 0.2) is 0 Å². The third-order valence-electron chi connectivity index (χ3n) is 3.09. The van der Waals surface area contributed by atoms with Crippen molar-refractivity contribution in [2.75, 3.05) is 13.2 Å². The number of hydrogen-bond donors (Lipinski definition) is 3. The van der Waals surface area contributed by atoms with Crippen LogP contribution in [-0.4, -0.2) is 39.1 Å². The number of imidazole rings is 1. The van der Waals surface area contributed by atoms with Gasteiger partial charge in [0.1, 0.15) is 5.82 Å². The number of carbonyl (C=O) groups is 1. The van der Waals surface area contributed by atoms with Gasteiger partial charge in [0.25, 0.3) is 0 Å². The van der Waals surface area contributed by atoms with Crippen molar-refractivity contribution in [3.63, 3.8) is 0 Å². The lowest BCUT2D eigenvalue weighted by Crippen LogP contribution is -2.28. The van der Waals surface area contributed by atoms with Gasteiger partial charge in [-0.1, -0.05) is 11.6 Å². The van der Waals surface area contributed by atoms with Crippen LogP contribution >= 0.6 is 11.6 Å². The zero-order chi connectivity index (χ0) is 14.8. The van der Waals surface area contributed by atoms with Crippen LogP contribution in [0, 0.1) is 0 Å². The summed E-state index contributed by atoms with van der Waals surface area (Å²) in [6, 6.07) is 5.42. The van der Waals surface area contributed by atoms with Crippen LogP contribution in [0.4, 0.5) is 0 Å². The number of aliphatic hydroxyl groups excluding tert-OH is 1. The maximum Gasteiger partial charge on any atom is 0.227 e. The number of halogens is 1. The van der Waals surface area contributed by atoms with Crippen molar-refractivity contribution in [1.29, 1.82) is 0 Å². The fourth-order valence-electron chi connectivity index (χ4n) is 2.17. The standard InChI is InChI=1S/C14H13ClN4O2/c15-8-1-2-10-9(5-8)14-11(7-17-10)18-12(19-14)6-13(21)16-3-4-20/h1-2,5,7,20H,3-4,6H2,(H,16,21)(H,18,19). The molecule has 2 aromatic heterocycles. The molecule has 0 spiro atoms. The minimum absolute atomic E-state index is 0.0844. The zero-order valence-corrected chi connectivity index (χ0v) is 11.8. The number of benzene rings is 1. The molecule has 0 saturated carbocycles. The van der Waals surface area contributed by atoms with Crippen LogP contribution in [0.3, 0.4) is 0 Å². The highest BCUT2D eigenvalue weighted by Gasteiger charge is 2.11. The molecular weight excluding hydrogens is 292 g/mol. The van der Waals surface area contributed by atoms with Crippen LogP contribution in [-0.2, 0) is 11.2 Å². The summed E-state index contributed by atoms with van der Waals surface area (Å²) < 4.78 is 0. The van der Waals surface area contributed by atoms with Crippen molar-refractivity contribution in [2.24, 2.45) is 0 Å². The lowest BCUT2D eigenvalue weighted by Gasteiger charge is -1.99. The Hall–Kier alpha value is -2.18. The first-order chi connectivity index (χ1) is 10.2. The van der Waals surface area contributed by atoms with Gasteiger partial charge in [-0.2, -0.15) is 0 Å². The van der Waals surface area contributed by atoms with E-state index in [-0.39, 0.29) is 25.5 Å². The van der Waals surface area contributed by atoms with E-state index in [9.17, 15) is 4.79 Å². The van der Waals surface area contributed by atoms with Crippen LogP contribution in [0.5, 0.6) is 0 Å². The van der Waals surface area contributed by atoms with Crippen LogP contribution in [0.15, 0.2) is 24.4 Å². The van der Waals surface area contributed by atoms with E-state index < -0.39 is 0 Å². The van der Waals surface area contributed by atoms with Crippen molar-refractivity contribution in [1.82, 2.24) is 20.3 Å². The van der Waals surface area contributed by atoms with Gasteiger partial charge in [-0.05, 0) is 18.2 Å². The molecule has 6 nitrogen and oxygen atoms in total. The summed E-state index contributed by atoms with van der Waals surface area (Å²) in [5.41, 5.74) is 2.30. The van der Waals surface area contributed by atoms with Crippen LogP contribution < -0.4 is 5.32 Å². The Kier molecular flexibility index (Phi) is 3.72. The molecule has 3 N–H and O–H groups in total. The number of amides is 1. The number of nitrogens with one attached hydrogen (secondary N) is 2. The van der Waals surface area contributed by atoms with Crippen molar-refractivity contribution in [2.45, 2.75) is 6.42 Å². The molecule has 0 fully saturated rings. The van der Waals surface area contributed by atoms with E-state index in [0.717, 1.165) is 21.9 Å². The summed E-state index contributed by atoms with van der Waals surface area (Å²) in [5.74, 6) is 0.355. The van der Waals surface area contributed by atoms with Gasteiger partial charge < -0.3 is 15.4 Å². The zero-order valence-electron chi connectivity index (χ0n) is 11.1. The molecule has 108 valence electrons. The van der Waals surface area contributed by atoms with E-state index in [1.54, 1.807) is 12.3 Å². The molecule has 0 bridgehead atoms. The van der Waals surface area contributed by atoms with Gasteiger partial charge in [0.05, 0.1) is 35.8 Å². The van der Waals surface area contributed by atoms with Crippen LogP contribution in [0.25, 0.3) is 21.9 Å². The number of H-pyrrole nitrogens is 1. The van der Waals surface area contributed by atoms with Crippen molar-refractivity contribution in [3.8, 4) is 0 Å². The Morgan fingerprint density at radius 1 is 1.43 bits per heavy atom. The van der Waals surface area contributed by atoms with Gasteiger partial charge in [0.2, 0.25) is 5.91 Å². The number of rotatable bonds is 4. The average molecular weight is 305 g/mol. The molecule has 21 heavy (non-hydrogen) atoms. The molecule has 1 aromatic carbocycles. The van der Waals surface area contributed by atoms with Crippen LogP contribution in [0.2, 0.25) is 5.02 Å². The van der Waals surface area contributed by atoms with Gasteiger partial charge in [0, 0.05) is 17.0 Å². The minimum atomic E-state index is -0.196. The first kappa shape index (κ1) is 13.8. The smallest absolute Gasteiger partial charge is 0.227 e. The van der Waals surface area contributed by atoms with Crippen molar-refractivity contribution >= 4 is 39.4 Å². The molecule has 2 heterocycles. The number of hydrogen-bond acceptors (Lipinski definition) is 4. The van der Waals surface area contributed by atoms with Gasteiger partial charge in [-0.3, -0.25) is 9.78 Å². The highest BCUT2D eigenvalue weighted by atomic mass is 35.5. The Morgan fingerprint density at radius 2 is 2.29 bits per heavy atom. The fourth-order valence-corrected chi connectivity index (χ4v) is 2.35. The number of fused-ring (bicyclic) bond motifs is 3. The van der Waals surface area contributed by atoms with E-state index in [0.29, 0.717) is 10.8 Å². The Morgan fingerprint density at radius 3 is 3.10 bits per heavy atom. The molecule has 1 amide bonds. The normalized spacial score (nSPS) is 11.1. The van der Waals surface area contributed by atoms with Gasteiger partial charge >= 0.3 is 0 Å². The minimum Gasteiger partial charge on any atom is -0.395 e. The highest BCUT2D eigenvalue weighted by Crippen LogP contribution is 2.24. The molecule has 3 rings (SSSR count). The van der Waals surface area contributed by atoms with Crippen molar-refractivity contribution < 1.29 is 9.90 Å². The quantitative estimate of drug-likeness (QED) is 0.680. The molecule has 3 aromatic rings. The second-order valence-corrected chi connectivity index (χ2v) is 5.05. The second kappa shape index (κ2) is 5.67. The molecule has 0 aliphatic carbocycles. The number of carbonyl (C=O) groups excluding carboxylic acids is 1. The maximum atomic E-state index is 11.6. The topological polar surface area (TPSA) is 90.9 Å². The lowest BCUT2D eigenvalue weighted by molar-refractivity contribution is -0.120. The van der Waals surface area contributed by atoms with Gasteiger partial charge in [-0.15, -0.1) is 0 Å². The summed E-state index contributed by atoms with van der Waals surface area (Å²) in [6.45, 7) is 0.151. The average Bonchev–Trinajstić information content (AvgIpc) is 2.88. The second-order valence-electron chi connectivity index (χ2n) is 4.62. The largest absolute Gasteiger partial charge is 0.395 e. The molecular formula is C14H13ClN4O2. The molecule has 7 heteroatoms. The van der Waals surface area contributed by atoms with E-state index >= 15 is 0 Å². The third kappa shape index (κ3) is 2.81. The number of aromatic amines is 1. The van der Waals surface area contributed by atoms with Gasteiger partial charge in [-0.25, -0.2) is 4.98 Å². The number of nitrogens with zero attached hydrogens (tertiary/aromatic N) is 2. The predicted molar refractivity (Wildman–Crippen MR) is 80.2 cm³/mol. The fraction of sp³-hybridized carbons (Fsp3) is 0.214. The summed E-state index contributed by atoms with van der Waals surface area (Å²) in [6.07, 6.45) is 1.81. The van der Waals surface area contributed by atoms with Crippen molar-refractivity contribution in [3.05, 3.63) is 35.2 Å². The first-order valence-electron chi connectivity index (χ1n) is 6.48. The third-order valence-corrected chi connectivity index (χ3v) is 3.32. The maximum absolute atomic E-state index is 11.6.